The van der Waals surface area contributed by atoms with Crippen molar-refractivity contribution in [3.8, 4) is 0 Å². The highest BCUT2D eigenvalue weighted by Crippen LogP contribution is 2.26. The molecule has 1 N–H and O–H groups in total. The van der Waals surface area contributed by atoms with E-state index in [4.69, 9.17) is 23.2 Å². The minimum atomic E-state index is -0.321. The summed E-state index contributed by atoms with van der Waals surface area (Å²) in [5.41, 5.74) is 0.860. The fourth-order valence-corrected chi connectivity index (χ4v) is 2.91. The van der Waals surface area contributed by atoms with Crippen molar-refractivity contribution in [3.05, 3.63) is 63.9 Å². The molecule has 1 atom stereocenters. The Hall–Kier alpha value is -1.23. The first-order chi connectivity index (χ1) is 10.5. The van der Waals surface area contributed by atoms with E-state index in [-0.39, 0.29) is 23.5 Å². The topological polar surface area (TPSA) is 29.1 Å². The van der Waals surface area contributed by atoms with Gasteiger partial charge in [-0.25, -0.2) is 4.39 Å². The Kier molecular flexibility index (Phi) is 6.12. The molecular weight excluding hydrogens is 344 g/mol. The number of amides is 1. The Labute approximate surface area is 143 Å². The highest BCUT2D eigenvalue weighted by atomic mass is 35.5. The summed E-state index contributed by atoms with van der Waals surface area (Å²) in [4.78, 5) is 12.4. The van der Waals surface area contributed by atoms with E-state index in [9.17, 15) is 9.18 Å². The number of hydrogen-bond donors (Lipinski definition) is 1. The SMILES string of the molecule is CC(NC(=O)CSc1ccccc1F)c1ccc(Cl)c(Cl)c1. The molecule has 0 heterocycles. The van der Waals surface area contributed by atoms with Crippen LogP contribution in [0.2, 0.25) is 10.0 Å². The predicted molar refractivity (Wildman–Crippen MR) is 90.1 cm³/mol. The number of carbonyl (C=O) groups is 1. The van der Waals surface area contributed by atoms with Gasteiger partial charge in [0.25, 0.3) is 0 Å². The summed E-state index contributed by atoms with van der Waals surface area (Å²) in [5, 5.41) is 3.77. The molecule has 0 bridgehead atoms. The number of benzene rings is 2. The molecule has 2 nitrogen and oxygen atoms in total. The van der Waals surface area contributed by atoms with Crippen LogP contribution < -0.4 is 5.32 Å². The van der Waals surface area contributed by atoms with Crippen LogP contribution in [-0.2, 0) is 4.79 Å². The molecule has 2 rings (SSSR count). The Morgan fingerprint density at radius 1 is 1.23 bits per heavy atom. The molecule has 0 spiro atoms. The van der Waals surface area contributed by atoms with Crippen molar-refractivity contribution in [2.45, 2.75) is 17.9 Å². The van der Waals surface area contributed by atoms with Gasteiger partial charge in [0.15, 0.2) is 0 Å². The first kappa shape index (κ1) is 17.1. The van der Waals surface area contributed by atoms with E-state index in [1.807, 2.05) is 13.0 Å². The van der Waals surface area contributed by atoms with E-state index >= 15 is 0 Å². The van der Waals surface area contributed by atoms with Crippen LogP contribution in [0.15, 0.2) is 47.4 Å². The number of rotatable bonds is 5. The molecule has 0 fully saturated rings. The maximum Gasteiger partial charge on any atom is 0.230 e. The van der Waals surface area contributed by atoms with E-state index in [1.165, 1.54) is 6.07 Å². The number of halogens is 3. The summed E-state index contributed by atoms with van der Waals surface area (Å²) >= 11 is 13.0. The lowest BCUT2D eigenvalue weighted by Crippen LogP contribution is -2.28. The third-order valence-corrected chi connectivity index (χ3v) is 4.80. The molecule has 0 aliphatic rings. The zero-order chi connectivity index (χ0) is 16.1. The molecule has 6 heteroatoms. The summed E-state index contributed by atoms with van der Waals surface area (Å²) in [5.74, 6) is -0.350. The summed E-state index contributed by atoms with van der Waals surface area (Å²) in [6.45, 7) is 1.85. The van der Waals surface area contributed by atoms with Gasteiger partial charge in [-0.15, -0.1) is 11.8 Å². The number of nitrogens with one attached hydrogen (secondary N) is 1. The second-order valence-corrected chi connectivity index (χ2v) is 6.51. The van der Waals surface area contributed by atoms with Gasteiger partial charge >= 0.3 is 0 Å². The molecule has 0 saturated heterocycles. The van der Waals surface area contributed by atoms with E-state index in [0.29, 0.717) is 14.9 Å². The minimum Gasteiger partial charge on any atom is -0.349 e. The lowest BCUT2D eigenvalue weighted by Gasteiger charge is -2.15. The Morgan fingerprint density at radius 3 is 2.64 bits per heavy atom. The first-order valence-electron chi connectivity index (χ1n) is 6.59. The van der Waals surface area contributed by atoms with Crippen LogP contribution >= 0.6 is 35.0 Å². The molecule has 22 heavy (non-hydrogen) atoms. The lowest BCUT2D eigenvalue weighted by atomic mass is 10.1. The van der Waals surface area contributed by atoms with Gasteiger partial charge in [0.2, 0.25) is 5.91 Å². The predicted octanol–water partition coefficient (Wildman–Crippen LogP) is 5.10. The van der Waals surface area contributed by atoms with Gasteiger partial charge in [0.1, 0.15) is 5.82 Å². The second kappa shape index (κ2) is 7.86. The normalized spacial score (nSPS) is 12.0. The van der Waals surface area contributed by atoms with Crippen LogP contribution in [0.5, 0.6) is 0 Å². The summed E-state index contributed by atoms with van der Waals surface area (Å²) in [6.07, 6.45) is 0. The second-order valence-electron chi connectivity index (χ2n) is 4.68. The van der Waals surface area contributed by atoms with Crippen molar-refractivity contribution in [1.29, 1.82) is 0 Å². The molecule has 0 aromatic heterocycles. The quantitative estimate of drug-likeness (QED) is 0.754. The molecule has 2 aromatic rings. The van der Waals surface area contributed by atoms with Crippen LogP contribution in [-0.4, -0.2) is 11.7 Å². The van der Waals surface area contributed by atoms with Crippen LogP contribution in [0.1, 0.15) is 18.5 Å². The fourth-order valence-electron chi connectivity index (χ4n) is 1.85. The first-order valence-corrected chi connectivity index (χ1v) is 8.33. The van der Waals surface area contributed by atoms with Crippen LogP contribution in [0, 0.1) is 5.82 Å². The van der Waals surface area contributed by atoms with Gasteiger partial charge < -0.3 is 5.32 Å². The minimum absolute atomic E-state index is 0.145. The number of hydrogen-bond acceptors (Lipinski definition) is 2. The fraction of sp³-hybridized carbons (Fsp3) is 0.188. The summed E-state index contributed by atoms with van der Waals surface area (Å²) in [6, 6.07) is 11.4. The van der Waals surface area contributed by atoms with Gasteiger partial charge in [-0.05, 0) is 36.8 Å². The molecule has 1 amide bonds. The molecule has 0 saturated carbocycles. The van der Waals surface area contributed by atoms with Crippen molar-refractivity contribution in [2.24, 2.45) is 0 Å². The zero-order valence-corrected chi connectivity index (χ0v) is 14.1. The number of thioether (sulfide) groups is 1. The van der Waals surface area contributed by atoms with Gasteiger partial charge in [-0.1, -0.05) is 41.4 Å². The van der Waals surface area contributed by atoms with E-state index < -0.39 is 0 Å². The Morgan fingerprint density at radius 2 is 1.95 bits per heavy atom. The highest BCUT2D eigenvalue weighted by Gasteiger charge is 2.12. The monoisotopic (exact) mass is 357 g/mol. The van der Waals surface area contributed by atoms with E-state index in [1.54, 1.807) is 30.3 Å². The van der Waals surface area contributed by atoms with Gasteiger partial charge in [0.05, 0.1) is 21.8 Å². The van der Waals surface area contributed by atoms with Crippen LogP contribution in [0.4, 0.5) is 4.39 Å². The maximum atomic E-state index is 13.5. The molecule has 0 aliphatic heterocycles. The van der Waals surface area contributed by atoms with Crippen molar-refractivity contribution in [1.82, 2.24) is 5.32 Å². The lowest BCUT2D eigenvalue weighted by molar-refractivity contribution is -0.119. The molecule has 116 valence electrons. The summed E-state index contributed by atoms with van der Waals surface area (Å²) in [7, 11) is 0. The molecular formula is C16H14Cl2FNOS. The Bertz CT molecular complexity index is 681. The van der Waals surface area contributed by atoms with Crippen molar-refractivity contribution < 1.29 is 9.18 Å². The van der Waals surface area contributed by atoms with E-state index in [2.05, 4.69) is 5.32 Å². The maximum absolute atomic E-state index is 13.5. The summed E-state index contributed by atoms with van der Waals surface area (Å²) < 4.78 is 13.5. The van der Waals surface area contributed by atoms with Crippen molar-refractivity contribution >= 4 is 40.9 Å². The average Bonchev–Trinajstić information content (AvgIpc) is 2.49. The average molecular weight is 358 g/mol. The molecule has 0 radical (unpaired) electrons. The zero-order valence-electron chi connectivity index (χ0n) is 11.8. The van der Waals surface area contributed by atoms with Crippen LogP contribution in [0.3, 0.4) is 0 Å². The third kappa shape index (κ3) is 4.63. The molecule has 2 aromatic carbocycles. The van der Waals surface area contributed by atoms with Crippen molar-refractivity contribution in [2.75, 3.05) is 5.75 Å². The molecule has 1 unspecified atom stereocenters. The van der Waals surface area contributed by atoms with E-state index in [0.717, 1.165) is 17.3 Å². The van der Waals surface area contributed by atoms with Crippen molar-refractivity contribution in [3.63, 3.8) is 0 Å². The highest BCUT2D eigenvalue weighted by molar-refractivity contribution is 8.00. The standard InChI is InChI=1S/C16H14Cl2FNOS/c1-10(11-6-7-12(17)13(18)8-11)20-16(21)9-22-15-5-3-2-4-14(15)19/h2-8,10H,9H2,1H3,(H,20,21). The smallest absolute Gasteiger partial charge is 0.230 e. The van der Waals surface area contributed by atoms with Gasteiger partial charge in [-0.2, -0.15) is 0 Å². The van der Waals surface area contributed by atoms with Gasteiger partial charge in [-0.3, -0.25) is 4.79 Å². The largest absolute Gasteiger partial charge is 0.349 e. The van der Waals surface area contributed by atoms with Crippen LogP contribution in [0.25, 0.3) is 0 Å². The van der Waals surface area contributed by atoms with Gasteiger partial charge in [0, 0.05) is 4.90 Å². The number of carbonyl (C=O) groups excluding carboxylic acids is 1. The Balaban J connectivity index is 1.91. The molecule has 0 aliphatic carbocycles. The third-order valence-electron chi connectivity index (χ3n) is 3.02.